The molecule has 9 heteroatoms. The van der Waals surface area contributed by atoms with Gasteiger partial charge in [0.25, 0.3) is 0 Å². The Balaban J connectivity index is 1.50. The third kappa shape index (κ3) is 7.17. The molecule has 0 spiro atoms. The maximum absolute atomic E-state index is 13.4. The molecule has 38 heavy (non-hydrogen) atoms. The highest BCUT2D eigenvalue weighted by Gasteiger charge is 2.18. The van der Waals surface area contributed by atoms with Gasteiger partial charge in [0, 0.05) is 18.8 Å². The number of amides is 2. The Morgan fingerprint density at radius 2 is 1.34 bits per heavy atom. The summed E-state index contributed by atoms with van der Waals surface area (Å²) in [6.45, 7) is 2.44. The smallest absolute Gasteiger partial charge is 0.339 e. The summed E-state index contributed by atoms with van der Waals surface area (Å²) in [5.41, 5.74) is 3.21. The summed E-state index contributed by atoms with van der Waals surface area (Å²) in [5, 5.41) is 2.92. The molecule has 0 saturated carbocycles. The SMILES string of the molecule is CCc1cccc(NC(=O)N(Cc2ccc(F)cc2)Cc2ccc(OS(=O)(=O)c3ccc(F)cc3)cc2)c1. The lowest BCUT2D eigenvalue weighted by Crippen LogP contribution is -2.34. The lowest BCUT2D eigenvalue weighted by molar-refractivity contribution is 0.206. The van der Waals surface area contributed by atoms with E-state index in [-0.39, 0.29) is 35.6 Å². The van der Waals surface area contributed by atoms with Crippen LogP contribution in [0.15, 0.2) is 102 Å². The molecule has 0 aliphatic carbocycles. The van der Waals surface area contributed by atoms with Crippen molar-refractivity contribution >= 4 is 21.8 Å². The van der Waals surface area contributed by atoms with E-state index < -0.39 is 15.9 Å². The first-order valence-electron chi connectivity index (χ1n) is 11.9. The normalized spacial score (nSPS) is 11.1. The number of carbonyl (C=O) groups excluding carboxylic acids is 1. The Morgan fingerprint density at radius 1 is 0.789 bits per heavy atom. The fourth-order valence-electron chi connectivity index (χ4n) is 3.73. The molecule has 0 atom stereocenters. The zero-order chi connectivity index (χ0) is 27.1. The molecule has 0 radical (unpaired) electrons. The third-order valence-electron chi connectivity index (χ3n) is 5.77. The summed E-state index contributed by atoms with van der Waals surface area (Å²) in [5.74, 6) is -0.850. The number of hydrogen-bond donors (Lipinski definition) is 1. The van der Waals surface area contributed by atoms with Crippen molar-refractivity contribution < 1.29 is 26.2 Å². The molecule has 196 valence electrons. The largest absolute Gasteiger partial charge is 0.379 e. The molecular weight excluding hydrogens is 510 g/mol. The van der Waals surface area contributed by atoms with Crippen LogP contribution < -0.4 is 9.50 Å². The van der Waals surface area contributed by atoms with Crippen LogP contribution in [0.25, 0.3) is 0 Å². The maximum Gasteiger partial charge on any atom is 0.339 e. The average Bonchev–Trinajstić information content (AvgIpc) is 2.90. The molecule has 0 heterocycles. The van der Waals surface area contributed by atoms with Crippen LogP contribution in [0.5, 0.6) is 5.75 Å². The van der Waals surface area contributed by atoms with Gasteiger partial charge in [0.2, 0.25) is 0 Å². The lowest BCUT2D eigenvalue weighted by Gasteiger charge is -2.24. The topological polar surface area (TPSA) is 75.7 Å². The van der Waals surface area contributed by atoms with E-state index in [1.807, 2.05) is 25.1 Å². The fourth-order valence-corrected chi connectivity index (χ4v) is 4.66. The molecule has 4 rings (SSSR count). The Morgan fingerprint density at radius 3 is 1.92 bits per heavy atom. The maximum atomic E-state index is 13.4. The van der Waals surface area contributed by atoms with Crippen LogP contribution in [0.2, 0.25) is 0 Å². The van der Waals surface area contributed by atoms with Crippen molar-refractivity contribution in [2.24, 2.45) is 0 Å². The fraction of sp³-hybridized carbons (Fsp3) is 0.138. The van der Waals surface area contributed by atoms with Gasteiger partial charge in [-0.3, -0.25) is 0 Å². The van der Waals surface area contributed by atoms with E-state index in [1.165, 1.54) is 24.3 Å². The number of nitrogens with zero attached hydrogens (tertiary/aromatic N) is 1. The van der Waals surface area contributed by atoms with Crippen molar-refractivity contribution in [3.05, 3.63) is 125 Å². The molecule has 4 aromatic rings. The van der Waals surface area contributed by atoms with E-state index in [0.717, 1.165) is 47.4 Å². The molecule has 1 N–H and O–H groups in total. The highest BCUT2D eigenvalue weighted by molar-refractivity contribution is 7.87. The Hall–Kier alpha value is -4.24. The van der Waals surface area contributed by atoms with Crippen molar-refractivity contribution in [1.29, 1.82) is 0 Å². The third-order valence-corrected chi connectivity index (χ3v) is 7.03. The van der Waals surface area contributed by atoms with E-state index in [2.05, 4.69) is 5.32 Å². The summed E-state index contributed by atoms with van der Waals surface area (Å²) in [7, 11) is -4.14. The van der Waals surface area contributed by atoms with Gasteiger partial charge >= 0.3 is 16.1 Å². The molecule has 0 saturated heterocycles. The molecule has 2 amide bonds. The molecule has 0 aliphatic heterocycles. The van der Waals surface area contributed by atoms with Crippen LogP contribution >= 0.6 is 0 Å². The van der Waals surface area contributed by atoms with Crippen LogP contribution in [0.4, 0.5) is 19.3 Å². The van der Waals surface area contributed by atoms with Crippen LogP contribution in [-0.4, -0.2) is 19.3 Å². The van der Waals surface area contributed by atoms with Gasteiger partial charge in [-0.25, -0.2) is 13.6 Å². The minimum Gasteiger partial charge on any atom is -0.379 e. The predicted octanol–water partition coefficient (Wildman–Crippen LogP) is 6.53. The molecule has 0 bridgehead atoms. The van der Waals surface area contributed by atoms with Crippen molar-refractivity contribution in [3.8, 4) is 5.75 Å². The van der Waals surface area contributed by atoms with E-state index in [9.17, 15) is 22.0 Å². The summed E-state index contributed by atoms with van der Waals surface area (Å²) < 4.78 is 56.7. The second-order valence-corrected chi connectivity index (χ2v) is 10.1. The van der Waals surface area contributed by atoms with Crippen LogP contribution in [0.1, 0.15) is 23.6 Å². The van der Waals surface area contributed by atoms with Crippen molar-refractivity contribution in [3.63, 3.8) is 0 Å². The minimum absolute atomic E-state index is 0.0731. The number of halogens is 2. The van der Waals surface area contributed by atoms with Gasteiger partial charge in [-0.2, -0.15) is 8.42 Å². The summed E-state index contributed by atoms with van der Waals surface area (Å²) in [6.07, 6.45) is 0.828. The molecule has 0 aromatic heterocycles. The van der Waals surface area contributed by atoms with E-state index in [0.29, 0.717) is 5.69 Å². The zero-order valence-corrected chi connectivity index (χ0v) is 21.4. The van der Waals surface area contributed by atoms with Crippen LogP contribution in [0.3, 0.4) is 0 Å². The number of nitrogens with one attached hydrogen (secondary N) is 1. The standard InChI is InChI=1S/C29H26F2N2O4S/c1-2-21-4-3-5-26(18-21)32-29(34)33(19-22-6-10-24(30)11-7-22)20-23-8-14-27(15-9-23)37-38(35,36)28-16-12-25(31)13-17-28/h3-18H,2,19-20H2,1H3,(H,32,34). The van der Waals surface area contributed by atoms with Gasteiger partial charge in [-0.05, 0) is 83.8 Å². The summed E-state index contributed by atoms with van der Waals surface area (Å²) in [6, 6.07) is 23.7. The number of anilines is 1. The van der Waals surface area contributed by atoms with Crippen LogP contribution in [0, 0.1) is 11.6 Å². The summed E-state index contributed by atoms with van der Waals surface area (Å²) >= 11 is 0. The molecule has 0 unspecified atom stereocenters. The Bertz CT molecular complexity index is 1490. The number of carbonyl (C=O) groups is 1. The highest BCUT2D eigenvalue weighted by Crippen LogP contribution is 2.21. The van der Waals surface area contributed by atoms with E-state index in [1.54, 1.807) is 35.2 Å². The van der Waals surface area contributed by atoms with Gasteiger partial charge in [0.1, 0.15) is 22.3 Å². The number of rotatable bonds is 9. The van der Waals surface area contributed by atoms with E-state index >= 15 is 0 Å². The first-order chi connectivity index (χ1) is 18.2. The molecule has 0 fully saturated rings. The van der Waals surface area contributed by atoms with Crippen LogP contribution in [-0.2, 0) is 29.6 Å². The van der Waals surface area contributed by atoms with Crippen molar-refractivity contribution in [2.45, 2.75) is 31.3 Å². The second-order valence-electron chi connectivity index (χ2n) is 8.60. The molecule has 6 nitrogen and oxygen atoms in total. The number of aryl methyl sites for hydroxylation is 1. The predicted molar refractivity (Wildman–Crippen MR) is 141 cm³/mol. The van der Waals surface area contributed by atoms with Gasteiger partial charge in [-0.1, -0.05) is 43.3 Å². The van der Waals surface area contributed by atoms with Crippen molar-refractivity contribution in [2.75, 3.05) is 5.32 Å². The van der Waals surface area contributed by atoms with E-state index in [4.69, 9.17) is 4.18 Å². The highest BCUT2D eigenvalue weighted by atomic mass is 32.2. The van der Waals surface area contributed by atoms with Crippen molar-refractivity contribution in [1.82, 2.24) is 4.90 Å². The second kappa shape index (κ2) is 11.9. The number of benzene rings is 4. The summed E-state index contributed by atoms with van der Waals surface area (Å²) in [4.78, 5) is 14.6. The minimum atomic E-state index is -4.14. The quantitative estimate of drug-likeness (QED) is 0.247. The lowest BCUT2D eigenvalue weighted by atomic mass is 10.1. The average molecular weight is 537 g/mol. The zero-order valence-electron chi connectivity index (χ0n) is 20.6. The monoisotopic (exact) mass is 536 g/mol. The first-order valence-corrected chi connectivity index (χ1v) is 13.3. The van der Waals surface area contributed by atoms with Gasteiger partial charge in [0.15, 0.2) is 0 Å². The molecule has 0 aliphatic rings. The molecular formula is C29H26F2N2O4S. The Kier molecular flexibility index (Phi) is 8.38. The number of urea groups is 1. The number of hydrogen-bond acceptors (Lipinski definition) is 4. The Labute approximate surface area is 220 Å². The van der Waals surface area contributed by atoms with Gasteiger partial charge < -0.3 is 14.4 Å². The first kappa shape index (κ1) is 26.8. The van der Waals surface area contributed by atoms with Gasteiger partial charge in [-0.15, -0.1) is 0 Å². The molecule has 4 aromatic carbocycles. The van der Waals surface area contributed by atoms with Gasteiger partial charge in [0.05, 0.1) is 0 Å².